The van der Waals surface area contributed by atoms with Crippen molar-refractivity contribution in [1.29, 1.82) is 0 Å². The number of carbonyl (C=O) groups is 2. The number of hydrogen-bond acceptors (Lipinski definition) is 5. The van der Waals surface area contributed by atoms with Crippen LogP contribution in [-0.4, -0.2) is 63.5 Å². The van der Waals surface area contributed by atoms with Crippen molar-refractivity contribution in [3.05, 3.63) is 36.2 Å². The molecule has 2 amide bonds. The summed E-state index contributed by atoms with van der Waals surface area (Å²) in [7, 11) is 0. The number of hydrogen-bond donors (Lipinski definition) is 3. The second-order valence-corrected chi connectivity index (χ2v) is 9.05. The summed E-state index contributed by atoms with van der Waals surface area (Å²) >= 11 is 0. The molecule has 1 atom stereocenters. The van der Waals surface area contributed by atoms with Gasteiger partial charge < -0.3 is 20.7 Å². The van der Waals surface area contributed by atoms with Gasteiger partial charge in [-0.05, 0) is 48.5 Å². The molecular weight excluding hydrogens is 472 g/mol. The number of alkyl halides is 2. The molecule has 1 aromatic carbocycles. The first kappa shape index (κ1) is 25.1. The zero-order chi connectivity index (χ0) is 26.0. The number of amides is 2. The van der Waals surface area contributed by atoms with Crippen LogP contribution in [0.25, 0.3) is 11.3 Å². The Morgan fingerprint density at radius 1 is 1.25 bits per heavy atom. The monoisotopic (exact) mass is 500 g/mol. The lowest BCUT2D eigenvalue weighted by Crippen LogP contribution is -2.59. The van der Waals surface area contributed by atoms with Gasteiger partial charge in [-0.15, -0.1) is 0 Å². The van der Waals surface area contributed by atoms with E-state index < -0.39 is 30.3 Å². The highest BCUT2D eigenvalue weighted by molar-refractivity contribution is 6.37. The number of benzene rings is 1. The molecule has 0 unspecified atom stereocenters. The van der Waals surface area contributed by atoms with E-state index in [1.165, 1.54) is 13.3 Å². The molecule has 1 saturated heterocycles. The molecule has 2 heterocycles. The van der Waals surface area contributed by atoms with Crippen LogP contribution in [0.1, 0.15) is 31.7 Å². The van der Waals surface area contributed by atoms with Crippen molar-refractivity contribution >= 4 is 29.3 Å². The molecule has 0 spiro atoms. The molecule has 1 aliphatic carbocycles. The molecule has 12 heteroatoms. The molecule has 1 saturated carbocycles. The lowest BCUT2D eigenvalue weighted by atomic mass is 10.0. The number of anilines is 1. The minimum Gasteiger partial charge on any atom is -0.484 e. The average Bonchev–Trinajstić information content (AvgIpc) is 3.66. The fraction of sp³-hybridized carbons (Fsp3) is 0.417. The van der Waals surface area contributed by atoms with E-state index in [9.17, 15) is 18.4 Å². The molecule has 4 rings (SSSR count). The predicted octanol–water partition coefficient (Wildman–Crippen LogP) is 0.950. The van der Waals surface area contributed by atoms with Crippen LogP contribution in [0.2, 0.25) is 0 Å². The van der Waals surface area contributed by atoms with Gasteiger partial charge in [0.05, 0.1) is 12.2 Å². The number of nitrogens with two attached hydrogens (primary N) is 2. The first-order valence-corrected chi connectivity index (χ1v) is 11.5. The van der Waals surface area contributed by atoms with Gasteiger partial charge in [0, 0.05) is 37.4 Å². The van der Waals surface area contributed by atoms with E-state index in [1.54, 1.807) is 31.2 Å². The summed E-state index contributed by atoms with van der Waals surface area (Å²) in [4.78, 5) is 37.3. The molecule has 1 aromatic heterocycles. The topological polar surface area (TPSA) is 148 Å². The van der Waals surface area contributed by atoms with Crippen molar-refractivity contribution in [2.45, 2.75) is 45.1 Å². The Morgan fingerprint density at radius 3 is 2.64 bits per heavy atom. The first-order chi connectivity index (χ1) is 17.0. The second kappa shape index (κ2) is 9.96. The third-order valence-electron chi connectivity index (χ3n) is 5.94. The van der Waals surface area contributed by atoms with Crippen molar-refractivity contribution in [2.75, 3.05) is 18.4 Å². The Kier molecular flexibility index (Phi) is 6.95. The standard InChI is InChI=1S/C24H27F2N7O3/c1-13-9-16(17-10-20(30-12-29-17)32-22(34)15-3-4-15)5-6-18(13)36-19-7-8-33(11-24(19,25)26)23(35)21(28)31-14(2)27/h5-6,9-10,12,15,19H,3-4,7-8,11H2,1-2H3,(H3,27,28,31)(H,29,30,32,34)/p+1/t19-/m0/s1. The number of aliphatic imine (C=N–C) groups is 1. The number of piperidine rings is 1. The molecule has 5 N–H and O–H groups in total. The quantitative estimate of drug-likeness (QED) is 0.411. The summed E-state index contributed by atoms with van der Waals surface area (Å²) in [5.74, 6) is -3.78. The van der Waals surface area contributed by atoms with Crippen molar-refractivity contribution < 1.29 is 28.5 Å². The zero-order valence-corrected chi connectivity index (χ0v) is 20.0. The third kappa shape index (κ3) is 5.81. The van der Waals surface area contributed by atoms with Crippen LogP contribution in [0.3, 0.4) is 0 Å². The van der Waals surface area contributed by atoms with Gasteiger partial charge in [-0.1, -0.05) is 0 Å². The van der Waals surface area contributed by atoms with Crippen LogP contribution in [0, 0.1) is 12.8 Å². The largest absolute Gasteiger partial charge is 0.484 e. The van der Waals surface area contributed by atoms with Gasteiger partial charge in [0.2, 0.25) is 11.7 Å². The fourth-order valence-electron chi connectivity index (χ4n) is 3.89. The van der Waals surface area contributed by atoms with Gasteiger partial charge in [0.15, 0.2) is 6.10 Å². The minimum absolute atomic E-state index is 0.0341. The summed E-state index contributed by atoms with van der Waals surface area (Å²) in [5, 5.41) is 8.36. The van der Waals surface area contributed by atoms with Crippen LogP contribution in [0.4, 0.5) is 14.6 Å². The lowest BCUT2D eigenvalue weighted by molar-refractivity contribution is -0.163. The highest BCUT2D eigenvalue weighted by atomic mass is 19.3. The second-order valence-electron chi connectivity index (χ2n) is 9.05. The highest BCUT2D eigenvalue weighted by Gasteiger charge is 2.49. The molecule has 10 nitrogen and oxygen atoms in total. The number of rotatable bonds is 5. The lowest BCUT2D eigenvalue weighted by Gasteiger charge is -2.37. The highest BCUT2D eigenvalue weighted by Crippen LogP contribution is 2.34. The number of carbonyl (C=O) groups excluding carboxylic acids is 2. The molecule has 36 heavy (non-hydrogen) atoms. The summed E-state index contributed by atoms with van der Waals surface area (Å²) in [5.41, 5.74) is 7.34. The summed E-state index contributed by atoms with van der Waals surface area (Å²) < 4.78 is 35.5. The average molecular weight is 501 g/mol. The molecule has 2 aromatic rings. The number of amidine groups is 2. The Balaban J connectivity index is 1.43. The maximum atomic E-state index is 14.9. The van der Waals surface area contributed by atoms with Gasteiger partial charge in [-0.25, -0.2) is 18.7 Å². The summed E-state index contributed by atoms with van der Waals surface area (Å²) in [6.07, 6.45) is 1.61. The number of ether oxygens (including phenoxy) is 1. The van der Waals surface area contributed by atoms with E-state index in [1.807, 2.05) is 0 Å². The summed E-state index contributed by atoms with van der Waals surface area (Å²) in [6, 6.07) is 6.74. The van der Waals surface area contributed by atoms with Crippen LogP contribution in [0.5, 0.6) is 5.75 Å². The van der Waals surface area contributed by atoms with E-state index in [-0.39, 0.29) is 30.6 Å². The van der Waals surface area contributed by atoms with Crippen LogP contribution >= 0.6 is 0 Å². The van der Waals surface area contributed by atoms with Crippen LogP contribution < -0.4 is 21.2 Å². The van der Waals surface area contributed by atoms with E-state index in [4.69, 9.17) is 15.9 Å². The normalized spacial score (nSPS) is 19.5. The van der Waals surface area contributed by atoms with Crippen molar-refractivity contribution in [3.8, 4) is 17.0 Å². The molecule has 1 aliphatic heterocycles. The Labute approximate surface area is 206 Å². The SMILES string of the molecule is CC(N)=NC(=[NH2+])C(=O)N1CC[C@H](Oc2ccc(-c3cc(NC(=O)C4CC4)ncn3)cc2C)C(F)(F)C1. The number of nitrogens with one attached hydrogen (secondary N) is 1. The van der Waals surface area contributed by atoms with Crippen LogP contribution in [0.15, 0.2) is 35.6 Å². The molecule has 2 fully saturated rings. The number of aromatic nitrogens is 2. The molecule has 0 bridgehead atoms. The molecular formula is C24H28F2N7O3+. The number of likely N-dealkylation sites (tertiary alicyclic amines) is 1. The van der Waals surface area contributed by atoms with Crippen molar-refractivity contribution in [1.82, 2.24) is 14.9 Å². The number of aryl methyl sites for hydroxylation is 1. The van der Waals surface area contributed by atoms with Crippen LogP contribution in [-0.2, 0) is 9.59 Å². The van der Waals surface area contributed by atoms with Crippen molar-refractivity contribution in [3.63, 3.8) is 0 Å². The van der Waals surface area contributed by atoms with Crippen molar-refractivity contribution in [2.24, 2.45) is 16.6 Å². The Bertz CT molecular complexity index is 1230. The Morgan fingerprint density at radius 2 is 2.00 bits per heavy atom. The molecule has 190 valence electrons. The van der Waals surface area contributed by atoms with E-state index in [0.29, 0.717) is 22.8 Å². The van der Waals surface area contributed by atoms with Gasteiger partial charge >= 0.3 is 17.7 Å². The maximum Gasteiger partial charge on any atom is 0.381 e. The first-order valence-electron chi connectivity index (χ1n) is 11.5. The maximum absolute atomic E-state index is 14.9. The zero-order valence-electron chi connectivity index (χ0n) is 20.0. The number of halogens is 2. The smallest absolute Gasteiger partial charge is 0.381 e. The fourth-order valence-corrected chi connectivity index (χ4v) is 3.89. The predicted molar refractivity (Wildman–Crippen MR) is 128 cm³/mol. The van der Waals surface area contributed by atoms with Gasteiger partial charge in [-0.3, -0.25) is 15.0 Å². The van der Waals surface area contributed by atoms with E-state index in [2.05, 4.69) is 20.3 Å². The van der Waals surface area contributed by atoms with E-state index in [0.717, 1.165) is 23.3 Å². The van der Waals surface area contributed by atoms with E-state index >= 15 is 0 Å². The third-order valence-corrected chi connectivity index (χ3v) is 5.94. The molecule has 2 aliphatic rings. The van der Waals surface area contributed by atoms with Gasteiger partial charge in [0.1, 0.15) is 17.9 Å². The van der Waals surface area contributed by atoms with Gasteiger partial charge in [0.25, 0.3) is 0 Å². The number of nitrogens with zero attached hydrogens (tertiary/aromatic N) is 4. The van der Waals surface area contributed by atoms with Gasteiger partial charge in [-0.2, -0.15) is 0 Å². The molecule has 0 radical (unpaired) electrons. The Hall–Kier alpha value is -3.96. The minimum atomic E-state index is -3.30. The summed E-state index contributed by atoms with van der Waals surface area (Å²) in [6.45, 7) is 2.38.